The van der Waals surface area contributed by atoms with E-state index in [1.165, 1.54) is 54.0 Å². The molecular formula is C34H45FN6O3. The van der Waals surface area contributed by atoms with Gasteiger partial charge in [0.15, 0.2) is 0 Å². The average molecular weight is 605 g/mol. The molecule has 5 heterocycles. The number of hydrogen-bond donors (Lipinski definition) is 1. The van der Waals surface area contributed by atoms with Gasteiger partial charge in [-0.1, -0.05) is 43.2 Å². The molecule has 2 aromatic heterocycles. The van der Waals surface area contributed by atoms with Gasteiger partial charge in [0.25, 0.3) is 5.56 Å². The lowest BCUT2D eigenvalue weighted by Crippen LogP contribution is -2.62. The van der Waals surface area contributed by atoms with Gasteiger partial charge in [0.2, 0.25) is 6.41 Å². The maximum absolute atomic E-state index is 13.5. The van der Waals surface area contributed by atoms with Crippen molar-refractivity contribution in [2.24, 2.45) is 0 Å². The van der Waals surface area contributed by atoms with Gasteiger partial charge in [0.05, 0.1) is 30.4 Å². The largest absolute Gasteiger partial charge is 0.377 e. The van der Waals surface area contributed by atoms with Crippen LogP contribution in [0.4, 0.5) is 4.39 Å². The van der Waals surface area contributed by atoms with Crippen LogP contribution in [0.1, 0.15) is 62.6 Å². The number of ether oxygens (including phenoxy) is 1. The molecule has 4 aliphatic rings. The van der Waals surface area contributed by atoms with Gasteiger partial charge in [-0.05, 0) is 57.4 Å². The first-order valence-corrected chi connectivity index (χ1v) is 16.0. The zero-order chi connectivity index (χ0) is 30.7. The molecule has 1 N–H and O–H groups in total. The molecule has 1 aromatic carbocycles. The summed E-state index contributed by atoms with van der Waals surface area (Å²) in [7, 11) is 2.17. The van der Waals surface area contributed by atoms with Crippen molar-refractivity contribution in [1.29, 1.82) is 0 Å². The third kappa shape index (κ3) is 6.59. The quantitative estimate of drug-likeness (QED) is 0.431. The van der Waals surface area contributed by atoms with Crippen LogP contribution in [0.2, 0.25) is 0 Å². The first kappa shape index (κ1) is 30.8. The Bertz CT molecular complexity index is 1490. The van der Waals surface area contributed by atoms with Crippen molar-refractivity contribution in [1.82, 2.24) is 29.4 Å². The third-order valence-electron chi connectivity index (χ3n) is 9.98. The number of hydrogen-bond acceptors (Lipinski definition) is 7. The standard InChI is InChI=1S/C18H23FN4O.C16H22N2O2/c1-21-8-9-22(18(13-21)6-2-3-7-18)11-14-10-20-16-5-4-15(19)12-23(16)17(14)24;1-16(10-20-11-16)17-14-7-8-18(12-19)15(9-14)13-5-3-2-4-6-13/h4-5,10,12H,2-3,6-9,11,13H2,1H3;2-6,12,14-15,17H,7-11H2,1H3. The number of piperidine rings is 1. The van der Waals surface area contributed by atoms with Gasteiger partial charge < -0.3 is 19.9 Å². The molecule has 7 rings (SSSR count). The fourth-order valence-corrected chi connectivity index (χ4v) is 7.60. The number of likely N-dealkylation sites (N-methyl/N-ethyl adjacent to an activating group) is 1. The fourth-order valence-electron chi connectivity index (χ4n) is 7.60. The van der Waals surface area contributed by atoms with E-state index in [-0.39, 0.29) is 22.7 Å². The Kier molecular flexibility index (Phi) is 9.14. The van der Waals surface area contributed by atoms with Crippen LogP contribution in [-0.2, 0) is 16.1 Å². The Hall–Kier alpha value is -3.18. The molecule has 2 atom stereocenters. The first-order valence-electron chi connectivity index (χ1n) is 16.0. The van der Waals surface area contributed by atoms with Crippen LogP contribution in [0, 0.1) is 5.82 Å². The number of nitrogens with one attached hydrogen (secondary N) is 1. The molecule has 1 saturated carbocycles. The Morgan fingerprint density at radius 3 is 2.57 bits per heavy atom. The summed E-state index contributed by atoms with van der Waals surface area (Å²) in [5, 5.41) is 3.71. The van der Waals surface area contributed by atoms with Gasteiger partial charge >= 0.3 is 0 Å². The number of amides is 1. The smallest absolute Gasteiger partial charge is 0.262 e. The van der Waals surface area contributed by atoms with Crippen LogP contribution in [0.5, 0.6) is 0 Å². The van der Waals surface area contributed by atoms with E-state index in [2.05, 4.69) is 46.2 Å². The number of benzene rings is 1. The highest BCUT2D eigenvalue weighted by Crippen LogP contribution is 2.38. The van der Waals surface area contributed by atoms with E-state index in [9.17, 15) is 14.0 Å². The molecule has 0 radical (unpaired) electrons. The van der Waals surface area contributed by atoms with Crippen molar-refractivity contribution >= 4 is 12.1 Å². The van der Waals surface area contributed by atoms with E-state index in [4.69, 9.17) is 4.74 Å². The van der Waals surface area contributed by atoms with Gasteiger partial charge in [0, 0.05) is 56.7 Å². The minimum atomic E-state index is -0.421. The van der Waals surface area contributed by atoms with Crippen LogP contribution in [0.3, 0.4) is 0 Å². The molecule has 236 valence electrons. The minimum absolute atomic E-state index is 0.120. The second kappa shape index (κ2) is 13.0. The molecule has 3 saturated heterocycles. The highest BCUT2D eigenvalue weighted by Gasteiger charge is 2.43. The number of aromatic nitrogens is 2. The number of piperazine rings is 1. The third-order valence-corrected chi connectivity index (χ3v) is 9.98. The van der Waals surface area contributed by atoms with Crippen LogP contribution in [0.25, 0.3) is 5.65 Å². The van der Waals surface area contributed by atoms with E-state index < -0.39 is 5.82 Å². The fraction of sp³-hybridized carbons (Fsp3) is 0.559. The molecule has 0 bridgehead atoms. The molecule has 9 nitrogen and oxygen atoms in total. The summed E-state index contributed by atoms with van der Waals surface area (Å²) in [6.45, 7) is 8.23. The molecule has 44 heavy (non-hydrogen) atoms. The summed E-state index contributed by atoms with van der Waals surface area (Å²) in [5.41, 5.74) is 2.50. The predicted octanol–water partition coefficient (Wildman–Crippen LogP) is 3.62. The number of nitrogens with zero attached hydrogens (tertiary/aromatic N) is 5. The van der Waals surface area contributed by atoms with Crippen LogP contribution >= 0.6 is 0 Å². The molecule has 2 unspecified atom stereocenters. The van der Waals surface area contributed by atoms with Crippen molar-refractivity contribution in [2.45, 2.75) is 75.2 Å². The van der Waals surface area contributed by atoms with E-state index in [0.29, 0.717) is 23.8 Å². The molecule has 1 amide bonds. The Morgan fingerprint density at radius 1 is 1.09 bits per heavy atom. The van der Waals surface area contributed by atoms with Gasteiger partial charge in [0.1, 0.15) is 11.5 Å². The van der Waals surface area contributed by atoms with E-state index in [0.717, 1.165) is 58.6 Å². The zero-order valence-electron chi connectivity index (χ0n) is 26.0. The van der Waals surface area contributed by atoms with Crippen molar-refractivity contribution < 1.29 is 13.9 Å². The Balaban J connectivity index is 0.000000159. The zero-order valence-corrected chi connectivity index (χ0v) is 26.0. The van der Waals surface area contributed by atoms with E-state index in [1.54, 1.807) is 6.20 Å². The summed E-state index contributed by atoms with van der Waals surface area (Å²) in [4.78, 5) is 35.1. The number of carbonyl (C=O) groups is 1. The van der Waals surface area contributed by atoms with Crippen molar-refractivity contribution in [2.75, 3.05) is 46.4 Å². The molecule has 3 aromatic rings. The van der Waals surface area contributed by atoms with Gasteiger partial charge in [-0.2, -0.15) is 0 Å². The van der Waals surface area contributed by atoms with Crippen LogP contribution < -0.4 is 10.9 Å². The monoisotopic (exact) mass is 604 g/mol. The highest BCUT2D eigenvalue weighted by molar-refractivity contribution is 5.49. The van der Waals surface area contributed by atoms with Gasteiger partial charge in [-0.25, -0.2) is 9.37 Å². The molecule has 10 heteroatoms. The number of rotatable bonds is 6. The van der Waals surface area contributed by atoms with Crippen LogP contribution in [-0.4, -0.2) is 94.1 Å². The molecule has 1 aliphatic carbocycles. The SMILES string of the molecule is CC1(NC2CCN(C=O)C(c3ccccc3)C2)COC1.CN1CCN(Cc2cnc3ccc(F)cn3c2=O)C2(CCCC2)C1. The number of pyridine rings is 1. The Morgan fingerprint density at radius 2 is 1.86 bits per heavy atom. The topological polar surface area (TPSA) is 82.4 Å². The average Bonchev–Trinajstić information content (AvgIpc) is 3.48. The van der Waals surface area contributed by atoms with Crippen molar-refractivity contribution in [3.63, 3.8) is 0 Å². The first-order chi connectivity index (χ1) is 21.3. The molecular weight excluding hydrogens is 559 g/mol. The minimum Gasteiger partial charge on any atom is -0.377 e. The normalized spacial score (nSPS) is 24.9. The lowest BCUT2D eigenvalue weighted by atomic mass is 9.89. The maximum atomic E-state index is 13.5. The number of likely N-dealkylation sites (tertiary alicyclic amines) is 1. The van der Waals surface area contributed by atoms with Gasteiger partial charge in [-0.15, -0.1) is 0 Å². The predicted molar refractivity (Wildman–Crippen MR) is 168 cm³/mol. The van der Waals surface area contributed by atoms with E-state index >= 15 is 0 Å². The lowest BCUT2D eigenvalue weighted by molar-refractivity contribution is -0.122. The molecule has 4 fully saturated rings. The van der Waals surface area contributed by atoms with Crippen molar-refractivity contribution in [3.05, 3.63) is 82.2 Å². The second-order valence-corrected chi connectivity index (χ2v) is 13.4. The van der Waals surface area contributed by atoms with Crippen molar-refractivity contribution in [3.8, 4) is 0 Å². The second-order valence-electron chi connectivity index (χ2n) is 13.4. The van der Waals surface area contributed by atoms with Gasteiger partial charge in [-0.3, -0.25) is 18.9 Å². The summed E-state index contributed by atoms with van der Waals surface area (Å²) < 4.78 is 20.1. The number of fused-ring (bicyclic) bond motifs is 1. The number of carbonyl (C=O) groups excluding carboxylic acids is 1. The summed E-state index contributed by atoms with van der Waals surface area (Å²) in [6.07, 6.45) is 10.7. The summed E-state index contributed by atoms with van der Waals surface area (Å²) in [6, 6.07) is 13.8. The van der Waals surface area contributed by atoms with Crippen LogP contribution in [0.15, 0.2) is 59.7 Å². The lowest BCUT2D eigenvalue weighted by Gasteiger charge is -2.48. The maximum Gasteiger partial charge on any atom is 0.262 e. The highest BCUT2D eigenvalue weighted by atomic mass is 19.1. The summed E-state index contributed by atoms with van der Waals surface area (Å²) >= 11 is 0. The molecule has 3 aliphatic heterocycles. The Labute approximate surface area is 259 Å². The molecule has 1 spiro atoms. The van der Waals surface area contributed by atoms with E-state index in [1.807, 2.05) is 23.1 Å². The summed E-state index contributed by atoms with van der Waals surface area (Å²) in [5.74, 6) is -0.421. The number of halogens is 1.